The van der Waals surface area contributed by atoms with Gasteiger partial charge in [-0.3, -0.25) is 9.59 Å². The normalized spacial score (nSPS) is 18.8. The van der Waals surface area contributed by atoms with Crippen molar-refractivity contribution in [3.8, 4) is 0 Å². The molecule has 0 aromatic heterocycles. The second-order valence-corrected chi connectivity index (χ2v) is 4.42. The van der Waals surface area contributed by atoms with E-state index in [1.54, 1.807) is 11.8 Å². The second-order valence-electron chi connectivity index (χ2n) is 4.42. The zero-order valence-electron chi connectivity index (χ0n) is 9.43. The van der Waals surface area contributed by atoms with Crippen LogP contribution in [-0.2, 0) is 9.59 Å². The molecule has 1 rings (SSSR count). The molecule has 1 unspecified atom stereocenters. The fourth-order valence-electron chi connectivity index (χ4n) is 1.60. The maximum absolute atomic E-state index is 11.5. The Bertz CT molecular complexity index is 259. The Kier molecular flexibility index (Phi) is 3.68. The van der Waals surface area contributed by atoms with E-state index in [0.717, 1.165) is 0 Å². The maximum Gasteiger partial charge on any atom is 0.306 e. The molecule has 1 aliphatic heterocycles. The SMILES string of the molecule is CC(C(=O)O)C1CN(C(=O)CN(C)C)C1. The van der Waals surface area contributed by atoms with Gasteiger partial charge in [0, 0.05) is 19.0 Å². The van der Waals surface area contributed by atoms with Gasteiger partial charge in [-0.15, -0.1) is 0 Å². The number of rotatable bonds is 4. The molecule has 1 N–H and O–H groups in total. The van der Waals surface area contributed by atoms with Crippen LogP contribution in [0, 0.1) is 11.8 Å². The number of hydrogen-bond acceptors (Lipinski definition) is 3. The largest absolute Gasteiger partial charge is 0.481 e. The molecule has 1 amide bonds. The summed E-state index contributed by atoms with van der Waals surface area (Å²) in [5.41, 5.74) is 0. The average Bonchev–Trinajstić information content (AvgIpc) is 1.99. The van der Waals surface area contributed by atoms with Crippen molar-refractivity contribution >= 4 is 11.9 Å². The molecular formula is C10H18N2O3. The van der Waals surface area contributed by atoms with Gasteiger partial charge >= 0.3 is 5.97 Å². The van der Waals surface area contributed by atoms with Gasteiger partial charge in [0.1, 0.15) is 0 Å². The van der Waals surface area contributed by atoms with Crippen molar-refractivity contribution < 1.29 is 14.7 Å². The summed E-state index contributed by atoms with van der Waals surface area (Å²) in [5, 5.41) is 8.78. The third kappa shape index (κ3) is 2.92. The predicted molar refractivity (Wildman–Crippen MR) is 55.4 cm³/mol. The highest BCUT2D eigenvalue weighted by Gasteiger charge is 2.36. The molecule has 0 radical (unpaired) electrons. The van der Waals surface area contributed by atoms with Gasteiger partial charge in [-0.05, 0) is 14.1 Å². The van der Waals surface area contributed by atoms with E-state index in [1.807, 2.05) is 19.0 Å². The number of hydrogen-bond donors (Lipinski definition) is 1. The van der Waals surface area contributed by atoms with E-state index in [9.17, 15) is 9.59 Å². The molecule has 0 aromatic carbocycles. The van der Waals surface area contributed by atoms with Crippen LogP contribution in [0.1, 0.15) is 6.92 Å². The van der Waals surface area contributed by atoms with Gasteiger partial charge in [-0.1, -0.05) is 6.92 Å². The lowest BCUT2D eigenvalue weighted by Crippen LogP contribution is -2.55. The van der Waals surface area contributed by atoms with Crippen LogP contribution < -0.4 is 0 Å². The maximum atomic E-state index is 11.5. The van der Waals surface area contributed by atoms with Crippen molar-refractivity contribution in [2.24, 2.45) is 11.8 Å². The van der Waals surface area contributed by atoms with Crippen LogP contribution in [0.4, 0.5) is 0 Å². The predicted octanol–water partition coefficient (Wildman–Crippen LogP) is -0.273. The highest BCUT2D eigenvalue weighted by atomic mass is 16.4. The molecular weight excluding hydrogens is 196 g/mol. The average molecular weight is 214 g/mol. The van der Waals surface area contributed by atoms with Crippen LogP contribution in [0.3, 0.4) is 0 Å². The molecule has 15 heavy (non-hydrogen) atoms. The highest BCUT2D eigenvalue weighted by Crippen LogP contribution is 2.23. The monoisotopic (exact) mass is 214 g/mol. The fourth-order valence-corrected chi connectivity index (χ4v) is 1.60. The van der Waals surface area contributed by atoms with E-state index < -0.39 is 5.97 Å². The molecule has 1 fully saturated rings. The van der Waals surface area contributed by atoms with Crippen LogP contribution in [0.15, 0.2) is 0 Å². The van der Waals surface area contributed by atoms with Gasteiger partial charge in [-0.25, -0.2) is 0 Å². The smallest absolute Gasteiger partial charge is 0.306 e. The fraction of sp³-hybridized carbons (Fsp3) is 0.800. The molecule has 0 saturated carbocycles. The Morgan fingerprint density at radius 2 is 2.00 bits per heavy atom. The zero-order chi connectivity index (χ0) is 11.6. The Morgan fingerprint density at radius 1 is 1.47 bits per heavy atom. The van der Waals surface area contributed by atoms with Crippen LogP contribution >= 0.6 is 0 Å². The lowest BCUT2D eigenvalue weighted by atomic mass is 9.87. The first-order valence-corrected chi connectivity index (χ1v) is 5.07. The lowest BCUT2D eigenvalue weighted by molar-refractivity contribution is -0.150. The molecule has 0 aliphatic carbocycles. The van der Waals surface area contributed by atoms with Gasteiger partial charge in [0.2, 0.25) is 5.91 Å². The molecule has 1 aliphatic rings. The zero-order valence-corrected chi connectivity index (χ0v) is 9.43. The van der Waals surface area contributed by atoms with Gasteiger partial charge in [-0.2, -0.15) is 0 Å². The van der Waals surface area contributed by atoms with Gasteiger partial charge in [0.25, 0.3) is 0 Å². The third-order valence-corrected chi connectivity index (χ3v) is 2.81. The van der Waals surface area contributed by atoms with Crippen LogP contribution in [0.25, 0.3) is 0 Å². The first-order valence-electron chi connectivity index (χ1n) is 5.07. The minimum absolute atomic E-state index is 0.0776. The quantitative estimate of drug-likeness (QED) is 0.699. The molecule has 5 nitrogen and oxygen atoms in total. The summed E-state index contributed by atoms with van der Waals surface area (Å²) < 4.78 is 0. The number of amides is 1. The number of likely N-dealkylation sites (N-methyl/N-ethyl adjacent to an activating group) is 1. The van der Waals surface area contributed by atoms with E-state index in [1.165, 1.54) is 0 Å². The summed E-state index contributed by atoms with van der Waals surface area (Å²) in [4.78, 5) is 25.7. The van der Waals surface area contributed by atoms with Crippen molar-refractivity contribution in [2.75, 3.05) is 33.7 Å². The summed E-state index contributed by atoms with van der Waals surface area (Å²) in [6.45, 7) is 3.26. The Balaban J connectivity index is 2.31. The summed E-state index contributed by atoms with van der Waals surface area (Å²) in [7, 11) is 3.68. The number of likely N-dealkylation sites (tertiary alicyclic amines) is 1. The summed E-state index contributed by atoms with van der Waals surface area (Å²) in [5.74, 6) is -0.935. The third-order valence-electron chi connectivity index (χ3n) is 2.81. The van der Waals surface area contributed by atoms with E-state index in [-0.39, 0.29) is 17.7 Å². The topological polar surface area (TPSA) is 60.9 Å². The first-order chi connectivity index (χ1) is 6.91. The van der Waals surface area contributed by atoms with E-state index in [2.05, 4.69) is 0 Å². The van der Waals surface area contributed by atoms with E-state index >= 15 is 0 Å². The van der Waals surface area contributed by atoms with Crippen LogP contribution in [-0.4, -0.2) is 60.5 Å². The van der Waals surface area contributed by atoms with Crippen molar-refractivity contribution in [1.82, 2.24) is 9.80 Å². The number of carbonyl (C=O) groups is 2. The number of nitrogens with zero attached hydrogens (tertiary/aromatic N) is 2. The van der Waals surface area contributed by atoms with Crippen molar-refractivity contribution in [3.05, 3.63) is 0 Å². The van der Waals surface area contributed by atoms with Crippen LogP contribution in [0.5, 0.6) is 0 Å². The number of carbonyl (C=O) groups excluding carboxylic acids is 1. The van der Waals surface area contributed by atoms with Crippen LogP contribution in [0.2, 0.25) is 0 Å². The Hall–Kier alpha value is -1.10. The Morgan fingerprint density at radius 3 is 2.40 bits per heavy atom. The minimum atomic E-state index is -0.778. The van der Waals surface area contributed by atoms with Crippen molar-refractivity contribution in [2.45, 2.75) is 6.92 Å². The molecule has 0 bridgehead atoms. The highest BCUT2D eigenvalue weighted by molar-refractivity contribution is 5.79. The lowest BCUT2D eigenvalue weighted by Gasteiger charge is -2.41. The van der Waals surface area contributed by atoms with Gasteiger partial charge in [0.05, 0.1) is 12.5 Å². The molecule has 5 heteroatoms. The molecule has 1 atom stereocenters. The van der Waals surface area contributed by atoms with Crippen molar-refractivity contribution in [3.63, 3.8) is 0 Å². The first kappa shape index (κ1) is 12.0. The standard InChI is InChI=1S/C10H18N2O3/c1-7(10(14)15)8-4-12(5-8)9(13)6-11(2)3/h7-8H,4-6H2,1-3H3,(H,14,15). The number of carboxylic acid groups (broad SMARTS) is 1. The Labute approximate surface area is 89.7 Å². The minimum Gasteiger partial charge on any atom is -0.481 e. The molecule has 1 heterocycles. The van der Waals surface area contributed by atoms with Gasteiger partial charge < -0.3 is 14.9 Å². The van der Waals surface area contributed by atoms with Gasteiger partial charge in [0.15, 0.2) is 0 Å². The number of carboxylic acids is 1. The molecule has 0 spiro atoms. The van der Waals surface area contributed by atoms with Crippen molar-refractivity contribution in [1.29, 1.82) is 0 Å². The molecule has 0 aromatic rings. The summed E-state index contributed by atoms with van der Waals surface area (Å²) in [6, 6.07) is 0. The van der Waals surface area contributed by atoms with E-state index in [0.29, 0.717) is 19.6 Å². The summed E-state index contributed by atoms with van der Waals surface area (Å²) in [6.07, 6.45) is 0. The second kappa shape index (κ2) is 4.61. The summed E-state index contributed by atoms with van der Waals surface area (Å²) >= 11 is 0. The molecule has 86 valence electrons. The van der Waals surface area contributed by atoms with E-state index in [4.69, 9.17) is 5.11 Å². The number of aliphatic carboxylic acids is 1. The molecule has 1 saturated heterocycles.